The molecule has 0 aromatic heterocycles. The number of nitrogens with one attached hydrogen (secondary N) is 2. The maximum absolute atomic E-state index is 5.39. The Labute approximate surface area is 157 Å². The number of para-hydroxylation sites is 1. The number of nitrogens with zero attached hydrogens (tertiary/aromatic N) is 2. The lowest BCUT2D eigenvalue weighted by atomic mass is 10.1. The molecule has 0 radical (unpaired) electrons. The van der Waals surface area contributed by atoms with Gasteiger partial charge in [-0.25, -0.2) is 0 Å². The average molecular weight is 354 g/mol. The van der Waals surface area contributed by atoms with Gasteiger partial charge in [0.2, 0.25) is 0 Å². The number of rotatable bonds is 9. The molecular formula is C21H30N4O. The number of aliphatic imine (C=N–C) groups is 1. The van der Waals surface area contributed by atoms with Crippen LogP contribution < -0.4 is 15.4 Å². The molecule has 26 heavy (non-hydrogen) atoms. The lowest BCUT2D eigenvalue weighted by molar-refractivity contribution is 0.331. The van der Waals surface area contributed by atoms with E-state index in [1.807, 2.05) is 24.3 Å². The number of methoxy groups -OCH3 is 1. The van der Waals surface area contributed by atoms with E-state index in [1.165, 1.54) is 11.1 Å². The molecule has 5 heteroatoms. The highest BCUT2D eigenvalue weighted by atomic mass is 16.5. The van der Waals surface area contributed by atoms with Crippen LogP contribution in [0.1, 0.15) is 11.1 Å². The zero-order chi connectivity index (χ0) is 18.6. The van der Waals surface area contributed by atoms with Crippen molar-refractivity contribution in [2.24, 2.45) is 4.99 Å². The van der Waals surface area contributed by atoms with Gasteiger partial charge in [0.05, 0.1) is 7.11 Å². The molecule has 0 saturated heterocycles. The summed E-state index contributed by atoms with van der Waals surface area (Å²) in [5.41, 5.74) is 2.52. The molecule has 2 N–H and O–H groups in total. The summed E-state index contributed by atoms with van der Waals surface area (Å²) in [6.07, 6.45) is 0.888. The largest absolute Gasteiger partial charge is 0.496 e. The highest BCUT2D eigenvalue weighted by Gasteiger charge is 2.04. The van der Waals surface area contributed by atoms with Crippen molar-refractivity contribution < 1.29 is 4.74 Å². The molecule has 2 rings (SSSR count). The topological polar surface area (TPSA) is 48.9 Å². The first-order valence-corrected chi connectivity index (χ1v) is 9.02. The number of hydrogen-bond donors (Lipinski definition) is 2. The van der Waals surface area contributed by atoms with Crippen LogP contribution >= 0.6 is 0 Å². The van der Waals surface area contributed by atoms with Crippen LogP contribution in [-0.4, -0.2) is 51.7 Å². The molecule has 0 heterocycles. The van der Waals surface area contributed by atoms with Gasteiger partial charge >= 0.3 is 0 Å². The van der Waals surface area contributed by atoms with Crippen molar-refractivity contribution in [1.29, 1.82) is 0 Å². The minimum absolute atomic E-state index is 0.805. The minimum Gasteiger partial charge on any atom is -0.496 e. The third-order valence-corrected chi connectivity index (χ3v) is 4.18. The molecule has 0 amide bonds. The summed E-state index contributed by atoms with van der Waals surface area (Å²) < 4.78 is 5.39. The molecule has 2 aromatic carbocycles. The van der Waals surface area contributed by atoms with Gasteiger partial charge in [0, 0.05) is 33.2 Å². The van der Waals surface area contributed by atoms with E-state index >= 15 is 0 Å². The van der Waals surface area contributed by atoms with Crippen molar-refractivity contribution in [1.82, 2.24) is 15.5 Å². The second-order valence-corrected chi connectivity index (χ2v) is 6.21. The molecule has 140 valence electrons. The highest BCUT2D eigenvalue weighted by molar-refractivity contribution is 5.79. The van der Waals surface area contributed by atoms with E-state index in [4.69, 9.17) is 4.74 Å². The maximum Gasteiger partial charge on any atom is 0.191 e. The van der Waals surface area contributed by atoms with Gasteiger partial charge in [-0.2, -0.15) is 0 Å². The van der Waals surface area contributed by atoms with Crippen LogP contribution in [0.25, 0.3) is 0 Å². The summed E-state index contributed by atoms with van der Waals surface area (Å²) >= 11 is 0. The molecule has 0 aliphatic rings. The van der Waals surface area contributed by atoms with Crippen molar-refractivity contribution in [3.05, 3.63) is 65.7 Å². The third-order valence-electron chi connectivity index (χ3n) is 4.18. The van der Waals surface area contributed by atoms with Gasteiger partial charge in [-0.1, -0.05) is 48.5 Å². The zero-order valence-corrected chi connectivity index (χ0v) is 16.0. The van der Waals surface area contributed by atoms with Crippen LogP contribution in [0.4, 0.5) is 0 Å². The van der Waals surface area contributed by atoms with Gasteiger partial charge < -0.3 is 20.3 Å². The number of hydrogen-bond acceptors (Lipinski definition) is 3. The molecule has 5 nitrogen and oxygen atoms in total. The van der Waals surface area contributed by atoms with Crippen LogP contribution in [0.2, 0.25) is 0 Å². The predicted octanol–water partition coefficient (Wildman–Crippen LogP) is 2.53. The van der Waals surface area contributed by atoms with E-state index in [0.717, 1.165) is 44.3 Å². The molecule has 2 aromatic rings. The Kier molecular flexibility index (Phi) is 8.49. The summed E-state index contributed by atoms with van der Waals surface area (Å²) in [6.45, 7) is 3.54. The Balaban J connectivity index is 1.67. The fourth-order valence-electron chi connectivity index (χ4n) is 2.78. The van der Waals surface area contributed by atoms with Crippen molar-refractivity contribution in [2.45, 2.75) is 13.0 Å². The Hall–Kier alpha value is -2.53. The van der Waals surface area contributed by atoms with Crippen LogP contribution in [0.3, 0.4) is 0 Å². The number of likely N-dealkylation sites (N-methyl/N-ethyl adjacent to an activating group) is 1. The van der Waals surface area contributed by atoms with Gasteiger partial charge in [-0.15, -0.1) is 0 Å². The van der Waals surface area contributed by atoms with E-state index in [0.29, 0.717) is 0 Å². The molecular weight excluding hydrogens is 324 g/mol. The fourth-order valence-corrected chi connectivity index (χ4v) is 2.78. The quantitative estimate of drug-likeness (QED) is 0.537. The van der Waals surface area contributed by atoms with Gasteiger partial charge in [-0.05, 0) is 30.7 Å². The van der Waals surface area contributed by atoms with E-state index in [-0.39, 0.29) is 0 Å². The summed E-state index contributed by atoms with van der Waals surface area (Å²) in [5.74, 6) is 1.76. The lowest BCUT2D eigenvalue weighted by Crippen LogP contribution is -2.41. The third kappa shape index (κ3) is 6.76. The molecule has 0 spiro atoms. The van der Waals surface area contributed by atoms with Crippen molar-refractivity contribution in [2.75, 3.05) is 40.8 Å². The zero-order valence-electron chi connectivity index (χ0n) is 16.0. The highest BCUT2D eigenvalue weighted by Crippen LogP contribution is 2.17. The maximum atomic E-state index is 5.39. The number of benzene rings is 2. The van der Waals surface area contributed by atoms with Crippen LogP contribution in [-0.2, 0) is 13.0 Å². The molecule has 0 unspecified atom stereocenters. The molecule has 0 aliphatic heterocycles. The minimum atomic E-state index is 0.805. The van der Waals surface area contributed by atoms with Gasteiger partial charge in [0.15, 0.2) is 5.96 Å². The molecule has 0 fully saturated rings. The predicted molar refractivity (Wildman–Crippen MR) is 109 cm³/mol. The second kappa shape index (κ2) is 11.2. The van der Waals surface area contributed by atoms with Crippen LogP contribution in [0.5, 0.6) is 5.75 Å². The van der Waals surface area contributed by atoms with Crippen molar-refractivity contribution in [3.63, 3.8) is 0 Å². The molecule has 0 bridgehead atoms. The van der Waals surface area contributed by atoms with Crippen molar-refractivity contribution >= 4 is 5.96 Å². The smallest absolute Gasteiger partial charge is 0.191 e. The molecule has 0 atom stereocenters. The normalized spacial score (nSPS) is 11.5. The van der Waals surface area contributed by atoms with E-state index < -0.39 is 0 Å². The Morgan fingerprint density at radius 3 is 2.42 bits per heavy atom. The van der Waals surface area contributed by atoms with Gasteiger partial charge in [0.1, 0.15) is 5.75 Å². The van der Waals surface area contributed by atoms with Gasteiger partial charge in [0.25, 0.3) is 0 Å². The Bertz CT molecular complexity index is 673. The Morgan fingerprint density at radius 2 is 1.69 bits per heavy atom. The average Bonchev–Trinajstić information content (AvgIpc) is 2.68. The van der Waals surface area contributed by atoms with E-state index in [2.05, 4.69) is 57.9 Å². The number of ether oxygens (including phenoxy) is 1. The Morgan fingerprint density at radius 1 is 1.00 bits per heavy atom. The van der Waals surface area contributed by atoms with Crippen LogP contribution in [0, 0.1) is 0 Å². The van der Waals surface area contributed by atoms with E-state index in [1.54, 1.807) is 14.2 Å². The van der Waals surface area contributed by atoms with E-state index in [9.17, 15) is 0 Å². The summed E-state index contributed by atoms with van der Waals surface area (Å²) in [6, 6.07) is 18.6. The monoisotopic (exact) mass is 354 g/mol. The fraction of sp³-hybridized carbons (Fsp3) is 0.381. The summed E-state index contributed by atoms with van der Waals surface area (Å²) in [5, 5.41) is 6.72. The molecule has 0 aliphatic carbocycles. The second-order valence-electron chi connectivity index (χ2n) is 6.21. The SMILES string of the molecule is CN=C(NCCc1ccccc1OC)NCCN(C)Cc1ccccc1. The van der Waals surface area contributed by atoms with Crippen LogP contribution in [0.15, 0.2) is 59.6 Å². The van der Waals surface area contributed by atoms with Crippen molar-refractivity contribution in [3.8, 4) is 5.75 Å². The first kappa shape index (κ1) is 19.8. The first-order valence-electron chi connectivity index (χ1n) is 9.02. The van der Waals surface area contributed by atoms with Gasteiger partial charge in [-0.3, -0.25) is 4.99 Å². The standard InChI is InChI=1S/C21H30N4O/c1-22-21(23-14-13-19-11-7-8-12-20(19)26-3)24-15-16-25(2)17-18-9-5-4-6-10-18/h4-12H,13-17H2,1-3H3,(H2,22,23,24). The number of guanidine groups is 1. The summed E-state index contributed by atoms with van der Waals surface area (Å²) in [7, 11) is 5.64. The first-order chi connectivity index (χ1) is 12.7. The molecule has 0 saturated carbocycles. The summed E-state index contributed by atoms with van der Waals surface area (Å²) in [4.78, 5) is 6.58. The lowest BCUT2D eigenvalue weighted by Gasteiger charge is -2.18.